The van der Waals surface area contributed by atoms with E-state index in [9.17, 15) is 29.3 Å². The van der Waals surface area contributed by atoms with Crippen molar-refractivity contribution in [2.45, 2.75) is 142 Å². The second-order valence-electron chi connectivity index (χ2n) is 10.8. The zero-order valence-corrected chi connectivity index (χ0v) is 27.6. The minimum absolute atomic E-state index is 0.166. The van der Waals surface area contributed by atoms with Crippen LogP contribution in [0.15, 0.2) is 24.3 Å². The number of unbranched alkanes of at least 4 members (excludes halogenated alkanes) is 12. The molecule has 0 aromatic rings. The fraction of sp³-hybridized carbons (Fsp3) is 0.812. The molecule has 3 atom stereocenters. The molecule has 10 nitrogen and oxygen atoms in total. The predicted octanol–water partition coefficient (Wildman–Crippen LogP) is 7.10. The van der Waals surface area contributed by atoms with E-state index in [-0.39, 0.29) is 12.8 Å². The Morgan fingerprint density at radius 1 is 0.628 bits per heavy atom. The molecule has 0 saturated carbocycles. The number of hydrogen-bond donors (Lipinski definition) is 3. The van der Waals surface area contributed by atoms with Gasteiger partial charge in [0.05, 0.1) is 26.4 Å². The van der Waals surface area contributed by atoms with E-state index in [1.807, 2.05) is 6.92 Å². The number of allylic oxidation sites excluding steroid dienone is 4. The molecular weight excluding hydrogens is 575 g/mol. The SMILES string of the molecule is CCCCCC/C=C\C/C=C\CCCCCCCCCC(=O)OC(CO)COP(=O)(O)OCC(CO)OC(=O)CCCC. The summed E-state index contributed by atoms with van der Waals surface area (Å²) in [6.45, 7) is 1.85. The van der Waals surface area contributed by atoms with E-state index in [4.69, 9.17) is 18.5 Å². The number of esters is 2. The summed E-state index contributed by atoms with van der Waals surface area (Å²) in [4.78, 5) is 33.6. The highest BCUT2D eigenvalue weighted by Crippen LogP contribution is 2.43. The lowest BCUT2D eigenvalue weighted by Gasteiger charge is -2.20. The van der Waals surface area contributed by atoms with E-state index >= 15 is 0 Å². The quantitative estimate of drug-likeness (QED) is 0.0323. The Balaban J connectivity index is 3.89. The van der Waals surface area contributed by atoms with Crippen LogP contribution in [0.1, 0.15) is 129 Å². The van der Waals surface area contributed by atoms with Gasteiger partial charge in [0.2, 0.25) is 0 Å². The van der Waals surface area contributed by atoms with Gasteiger partial charge in [0, 0.05) is 12.8 Å². The van der Waals surface area contributed by atoms with Gasteiger partial charge in [0.1, 0.15) is 12.2 Å². The first-order chi connectivity index (χ1) is 20.8. The Kier molecular flexibility index (Phi) is 28.1. The first-order valence-electron chi connectivity index (χ1n) is 16.3. The van der Waals surface area contributed by atoms with Gasteiger partial charge in [0.25, 0.3) is 0 Å². The third-order valence-corrected chi connectivity index (χ3v) is 7.62. The minimum atomic E-state index is -4.60. The molecule has 0 aliphatic rings. The second kappa shape index (κ2) is 29.2. The van der Waals surface area contributed by atoms with E-state index in [1.54, 1.807) is 0 Å². The van der Waals surface area contributed by atoms with Gasteiger partial charge in [-0.05, 0) is 44.9 Å². The maximum absolute atomic E-state index is 12.1. The van der Waals surface area contributed by atoms with Crippen molar-refractivity contribution in [3.63, 3.8) is 0 Å². The monoisotopic (exact) mass is 634 g/mol. The standard InChI is InChI=1S/C32H59O10P/c1-3-5-7-8-9-10-11-12-13-14-15-16-17-18-19-20-21-22-24-32(36)42-30(26-34)28-40-43(37,38)39-27-29(25-33)41-31(35)23-6-4-2/h10-11,13-14,29-30,33-34H,3-9,12,15-28H2,1-2H3,(H,37,38)/b11-10-,14-13-. The first-order valence-corrected chi connectivity index (χ1v) is 17.8. The Labute approximate surface area is 259 Å². The second-order valence-corrected chi connectivity index (χ2v) is 12.2. The summed E-state index contributed by atoms with van der Waals surface area (Å²) in [5.74, 6) is -1.06. The van der Waals surface area contributed by atoms with Gasteiger partial charge in [-0.2, -0.15) is 0 Å². The fourth-order valence-corrected chi connectivity index (χ4v) is 4.85. The number of carbonyl (C=O) groups is 2. The number of aliphatic hydroxyl groups is 2. The summed E-state index contributed by atoms with van der Waals surface area (Å²) in [5.41, 5.74) is 0. The molecule has 0 aliphatic carbocycles. The molecule has 0 amide bonds. The van der Waals surface area contributed by atoms with Crippen LogP contribution in [0.4, 0.5) is 0 Å². The van der Waals surface area contributed by atoms with Gasteiger partial charge in [0.15, 0.2) is 0 Å². The number of phosphoric acid groups is 1. The average molecular weight is 635 g/mol. The maximum atomic E-state index is 12.1. The first kappa shape index (κ1) is 41.4. The van der Waals surface area contributed by atoms with Crippen LogP contribution in [-0.2, 0) is 32.7 Å². The van der Waals surface area contributed by atoms with Gasteiger partial charge in [-0.25, -0.2) is 4.57 Å². The molecule has 0 radical (unpaired) electrons. The van der Waals surface area contributed by atoms with Crippen LogP contribution in [-0.4, -0.2) is 65.7 Å². The molecule has 0 aromatic carbocycles. The van der Waals surface area contributed by atoms with Gasteiger partial charge in [-0.3, -0.25) is 18.6 Å². The molecule has 0 fully saturated rings. The lowest BCUT2D eigenvalue weighted by Crippen LogP contribution is -2.28. The van der Waals surface area contributed by atoms with Crippen LogP contribution < -0.4 is 0 Å². The summed E-state index contributed by atoms with van der Waals surface area (Å²) < 4.78 is 31.8. The van der Waals surface area contributed by atoms with Crippen molar-refractivity contribution in [3.05, 3.63) is 24.3 Å². The molecule has 0 aromatic heterocycles. The van der Waals surface area contributed by atoms with E-state index in [2.05, 4.69) is 31.2 Å². The highest BCUT2D eigenvalue weighted by molar-refractivity contribution is 7.47. The van der Waals surface area contributed by atoms with Gasteiger partial charge in [-0.15, -0.1) is 0 Å². The molecule has 0 aliphatic heterocycles. The van der Waals surface area contributed by atoms with Crippen LogP contribution in [0.2, 0.25) is 0 Å². The molecule has 252 valence electrons. The van der Waals surface area contributed by atoms with Gasteiger partial charge in [-0.1, -0.05) is 95.9 Å². The number of hydrogen-bond acceptors (Lipinski definition) is 9. The maximum Gasteiger partial charge on any atom is 0.472 e. The summed E-state index contributed by atoms with van der Waals surface area (Å²) >= 11 is 0. The number of carbonyl (C=O) groups excluding carboxylic acids is 2. The zero-order valence-electron chi connectivity index (χ0n) is 26.7. The Bertz CT molecular complexity index is 786. The van der Waals surface area contributed by atoms with E-state index in [0.717, 1.165) is 38.5 Å². The van der Waals surface area contributed by atoms with Crippen LogP contribution in [0.25, 0.3) is 0 Å². The number of rotatable bonds is 30. The molecule has 0 rings (SSSR count). The van der Waals surface area contributed by atoms with Gasteiger partial charge < -0.3 is 24.6 Å². The van der Waals surface area contributed by atoms with Crippen molar-refractivity contribution < 1.29 is 47.8 Å². The number of ether oxygens (including phenoxy) is 2. The summed E-state index contributed by atoms with van der Waals surface area (Å²) in [5, 5.41) is 18.8. The lowest BCUT2D eigenvalue weighted by atomic mass is 10.1. The third-order valence-electron chi connectivity index (χ3n) is 6.67. The highest BCUT2D eigenvalue weighted by Gasteiger charge is 2.27. The Hall–Kier alpha value is -1.55. The van der Waals surface area contributed by atoms with Crippen molar-refractivity contribution in [1.29, 1.82) is 0 Å². The molecule has 0 bridgehead atoms. The Morgan fingerprint density at radius 2 is 1.05 bits per heavy atom. The smallest absolute Gasteiger partial charge is 0.457 e. The highest BCUT2D eigenvalue weighted by atomic mass is 31.2. The van der Waals surface area contributed by atoms with E-state index < -0.39 is 58.4 Å². The topological polar surface area (TPSA) is 149 Å². The Morgan fingerprint density at radius 3 is 1.51 bits per heavy atom. The number of aliphatic hydroxyl groups excluding tert-OH is 2. The predicted molar refractivity (Wildman–Crippen MR) is 168 cm³/mol. The molecule has 43 heavy (non-hydrogen) atoms. The largest absolute Gasteiger partial charge is 0.472 e. The van der Waals surface area contributed by atoms with Gasteiger partial charge >= 0.3 is 19.8 Å². The van der Waals surface area contributed by atoms with Crippen molar-refractivity contribution in [1.82, 2.24) is 0 Å². The van der Waals surface area contributed by atoms with Crippen LogP contribution in [0.5, 0.6) is 0 Å². The fourth-order valence-electron chi connectivity index (χ4n) is 4.06. The summed E-state index contributed by atoms with van der Waals surface area (Å²) in [6.07, 6.45) is 24.4. The molecule has 3 unspecified atom stereocenters. The van der Waals surface area contributed by atoms with Crippen LogP contribution >= 0.6 is 7.82 Å². The van der Waals surface area contributed by atoms with E-state index in [1.165, 1.54) is 51.4 Å². The van der Waals surface area contributed by atoms with Crippen molar-refractivity contribution >= 4 is 19.8 Å². The van der Waals surface area contributed by atoms with Crippen molar-refractivity contribution in [2.24, 2.45) is 0 Å². The summed E-state index contributed by atoms with van der Waals surface area (Å²) in [6, 6.07) is 0. The normalized spacial score (nSPS) is 14.6. The molecule has 3 N–H and O–H groups in total. The van der Waals surface area contributed by atoms with Crippen molar-refractivity contribution in [3.8, 4) is 0 Å². The zero-order chi connectivity index (χ0) is 32.0. The summed E-state index contributed by atoms with van der Waals surface area (Å²) in [7, 11) is -4.60. The van der Waals surface area contributed by atoms with E-state index in [0.29, 0.717) is 12.8 Å². The number of phosphoric ester groups is 1. The average Bonchev–Trinajstić information content (AvgIpc) is 2.99. The minimum Gasteiger partial charge on any atom is -0.457 e. The molecule has 0 heterocycles. The van der Waals surface area contributed by atoms with Crippen molar-refractivity contribution in [2.75, 3.05) is 26.4 Å². The molecule has 11 heteroatoms. The molecular formula is C32H59O10P. The molecule has 0 saturated heterocycles. The molecule has 0 spiro atoms. The third kappa shape index (κ3) is 27.7. The van der Waals surface area contributed by atoms with Crippen LogP contribution in [0, 0.1) is 0 Å². The lowest BCUT2D eigenvalue weighted by molar-refractivity contribution is -0.153. The van der Waals surface area contributed by atoms with Crippen LogP contribution in [0.3, 0.4) is 0 Å².